The average molecular weight is 290 g/mol. The Morgan fingerprint density at radius 1 is 1.24 bits per heavy atom. The fourth-order valence-corrected chi connectivity index (χ4v) is 2.47. The highest BCUT2D eigenvalue weighted by Crippen LogP contribution is 2.26. The Hall–Kier alpha value is -1.53. The number of methoxy groups -OCH3 is 1. The number of carbonyl (C=O) groups is 1. The van der Waals surface area contributed by atoms with Crippen LogP contribution < -0.4 is 0 Å². The zero-order valence-corrected chi connectivity index (χ0v) is 13.0. The molecule has 116 valence electrons. The third-order valence-corrected chi connectivity index (χ3v) is 3.66. The predicted molar refractivity (Wildman–Crippen MR) is 84.5 cm³/mol. The van der Waals surface area contributed by atoms with Gasteiger partial charge < -0.3 is 9.47 Å². The number of hydrogen-bond donors (Lipinski definition) is 0. The third-order valence-electron chi connectivity index (χ3n) is 3.66. The Morgan fingerprint density at radius 2 is 1.86 bits per heavy atom. The maximum atomic E-state index is 11.6. The molecule has 1 saturated heterocycles. The minimum absolute atomic E-state index is 0.319. The van der Waals surface area contributed by atoms with E-state index < -0.39 is 6.10 Å². The lowest BCUT2D eigenvalue weighted by Gasteiger charge is -2.06. The topological polar surface area (TPSA) is 35.5 Å². The molecule has 1 heterocycles. The molecule has 0 unspecified atom stereocenters. The van der Waals surface area contributed by atoms with E-state index in [1.165, 1.54) is 32.1 Å². The van der Waals surface area contributed by atoms with E-state index in [4.69, 9.17) is 15.9 Å². The number of carbonyl (C=O) groups excluding carboxylic acids is 1. The molecule has 0 bridgehead atoms. The summed E-state index contributed by atoms with van der Waals surface area (Å²) in [5.74, 6) is 2.74. The van der Waals surface area contributed by atoms with Crippen molar-refractivity contribution < 1.29 is 14.3 Å². The summed E-state index contributed by atoms with van der Waals surface area (Å²) in [6.07, 6.45) is 17.0. The monoisotopic (exact) mass is 290 g/mol. The Balaban J connectivity index is 2.10. The smallest absolute Gasteiger partial charge is 0.341 e. The fourth-order valence-electron chi connectivity index (χ4n) is 2.47. The number of esters is 1. The fraction of sp³-hybridized carbons (Fsp3) is 0.611. The molecule has 1 rings (SSSR count). The molecule has 0 aromatic heterocycles. The van der Waals surface area contributed by atoms with E-state index in [9.17, 15) is 4.79 Å². The lowest BCUT2D eigenvalue weighted by molar-refractivity contribution is -0.132. The number of rotatable bonds is 10. The van der Waals surface area contributed by atoms with Gasteiger partial charge in [0.2, 0.25) is 0 Å². The standard InChI is InChI=1S/C18H26O3/c1-4-5-6-7-8-9-10-11-12-13-14-16-17(20-3)15(2)21-18(16)19/h1,14,17H,2,5-13H2,3H3/b16-14+/t17-/m1/s1. The number of terminal acetylenes is 1. The van der Waals surface area contributed by atoms with Gasteiger partial charge in [-0.1, -0.05) is 44.8 Å². The molecule has 3 nitrogen and oxygen atoms in total. The first-order chi connectivity index (χ1) is 10.2. The van der Waals surface area contributed by atoms with Crippen molar-refractivity contribution in [2.24, 2.45) is 0 Å². The first-order valence-corrected chi connectivity index (χ1v) is 7.78. The van der Waals surface area contributed by atoms with Gasteiger partial charge in [-0.05, 0) is 19.3 Å². The largest absolute Gasteiger partial charge is 0.425 e. The van der Waals surface area contributed by atoms with Gasteiger partial charge in [0.15, 0.2) is 0 Å². The molecule has 0 N–H and O–H groups in total. The molecule has 1 aliphatic rings. The minimum Gasteiger partial charge on any atom is -0.425 e. The van der Waals surface area contributed by atoms with Crippen LogP contribution in [0.4, 0.5) is 0 Å². The molecule has 0 aromatic carbocycles. The van der Waals surface area contributed by atoms with Gasteiger partial charge in [0.1, 0.15) is 11.9 Å². The van der Waals surface area contributed by atoms with Crippen molar-refractivity contribution in [3.05, 3.63) is 24.0 Å². The summed E-state index contributed by atoms with van der Waals surface area (Å²) in [5.41, 5.74) is 0.594. The summed E-state index contributed by atoms with van der Waals surface area (Å²) >= 11 is 0. The van der Waals surface area contributed by atoms with Crippen LogP contribution in [0, 0.1) is 12.3 Å². The van der Waals surface area contributed by atoms with E-state index in [0.29, 0.717) is 11.3 Å². The molecule has 1 fully saturated rings. The predicted octanol–water partition coefficient (Wildman–Crippen LogP) is 4.14. The van der Waals surface area contributed by atoms with Crippen LogP contribution >= 0.6 is 0 Å². The summed E-state index contributed by atoms with van der Waals surface area (Å²) in [6.45, 7) is 3.69. The summed E-state index contributed by atoms with van der Waals surface area (Å²) in [5, 5.41) is 0. The Kier molecular flexibility index (Phi) is 8.54. The summed E-state index contributed by atoms with van der Waals surface area (Å²) in [4.78, 5) is 11.6. The van der Waals surface area contributed by atoms with Crippen LogP contribution in [0.5, 0.6) is 0 Å². The Bertz CT molecular complexity index is 415. The van der Waals surface area contributed by atoms with Crippen molar-refractivity contribution in [2.75, 3.05) is 7.11 Å². The highest BCUT2D eigenvalue weighted by Gasteiger charge is 2.34. The minimum atomic E-state index is -0.395. The van der Waals surface area contributed by atoms with Crippen LogP contribution in [0.1, 0.15) is 57.8 Å². The van der Waals surface area contributed by atoms with Gasteiger partial charge >= 0.3 is 5.97 Å². The highest BCUT2D eigenvalue weighted by molar-refractivity contribution is 5.94. The van der Waals surface area contributed by atoms with Crippen LogP contribution in [0.15, 0.2) is 24.0 Å². The number of cyclic esters (lactones) is 1. The van der Waals surface area contributed by atoms with Crippen molar-refractivity contribution >= 4 is 5.97 Å². The lowest BCUT2D eigenvalue weighted by atomic mass is 10.0. The molecule has 0 amide bonds. The molecule has 0 spiro atoms. The highest BCUT2D eigenvalue weighted by atomic mass is 16.6. The third kappa shape index (κ3) is 6.18. The van der Waals surface area contributed by atoms with E-state index >= 15 is 0 Å². The van der Waals surface area contributed by atoms with E-state index in [1.807, 2.05) is 6.08 Å². The number of unbranched alkanes of at least 4 members (excludes halogenated alkanes) is 8. The lowest BCUT2D eigenvalue weighted by Crippen LogP contribution is -2.11. The number of ether oxygens (including phenoxy) is 2. The van der Waals surface area contributed by atoms with Crippen LogP contribution in [0.2, 0.25) is 0 Å². The van der Waals surface area contributed by atoms with Gasteiger partial charge in [-0.3, -0.25) is 0 Å². The van der Waals surface area contributed by atoms with Gasteiger partial charge in [0, 0.05) is 13.5 Å². The molecule has 0 aliphatic carbocycles. The van der Waals surface area contributed by atoms with E-state index in [-0.39, 0.29) is 5.97 Å². The second kappa shape index (κ2) is 10.2. The van der Waals surface area contributed by atoms with E-state index in [2.05, 4.69) is 12.5 Å². The first-order valence-electron chi connectivity index (χ1n) is 7.78. The molecule has 0 aromatic rings. The van der Waals surface area contributed by atoms with Gasteiger partial charge in [-0.2, -0.15) is 0 Å². The van der Waals surface area contributed by atoms with Crippen molar-refractivity contribution in [1.82, 2.24) is 0 Å². The summed E-state index contributed by atoms with van der Waals surface area (Å²) in [7, 11) is 1.56. The molecule has 1 aliphatic heterocycles. The Labute approximate surface area is 128 Å². The molecule has 0 saturated carbocycles. The Morgan fingerprint density at radius 3 is 2.48 bits per heavy atom. The van der Waals surface area contributed by atoms with Gasteiger partial charge in [0.05, 0.1) is 5.57 Å². The molecular weight excluding hydrogens is 264 g/mol. The van der Waals surface area contributed by atoms with Crippen molar-refractivity contribution in [1.29, 1.82) is 0 Å². The van der Waals surface area contributed by atoms with Crippen molar-refractivity contribution in [2.45, 2.75) is 63.9 Å². The van der Waals surface area contributed by atoms with E-state index in [0.717, 1.165) is 25.7 Å². The molecular formula is C18H26O3. The van der Waals surface area contributed by atoms with Crippen molar-refractivity contribution in [3.63, 3.8) is 0 Å². The quantitative estimate of drug-likeness (QED) is 0.262. The normalized spacial score (nSPS) is 19.8. The van der Waals surface area contributed by atoms with E-state index in [1.54, 1.807) is 7.11 Å². The summed E-state index contributed by atoms with van der Waals surface area (Å²) < 4.78 is 10.2. The van der Waals surface area contributed by atoms with Crippen LogP contribution in [0.25, 0.3) is 0 Å². The maximum Gasteiger partial charge on any atom is 0.341 e. The van der Waals surface area contributed by atoms with Gasteiger partial charge in [0.25, 0.3) is 0 Å². The second-order valence-corrected chi connectivity index (χ2v) is 5.35. The number of hydrogen-bond acceptors (Lipinski definition) is 3. The molecule has 21 heavy (non-hydrogen) atoms. The molecule has 1 atom stereocenters. The van der Waals surface area contributed by atoms with Crippen molar-refractivity contribution in [3.8, 4) is 12.3 Å². The van der Waals surface area contributed by atoms with Crippen LogP contribution in [0.3, 0.4) is 0 Å². The zero-order valence-electron chi connectivity index (χ0n) is 13.0. The SMILES string of the molecule is C#CCCCCCCCCC/C=C1/C(=O)OC(=C)[C@H]1OC. The molecule has 3 heteroatoms. The second-order valence-electron chi connectivity index (χ2n) is 5.35. The average Bonchev–Trinajstić information content (AvgIpc) is 2.74. The molecule has 0 radical (unpaired) electrons. The number of allylic oxidation sites excluding steroid dienone is 1. The van der Waals surface area contributed by atoms with Crippen LogP contribution in [-0.2, 0) is 14.3 Å². The maximum absolute atomic E-state index is 11.6. The summed E-state index contributed by atoms with van der Waals surface area (Å²) in [6, 6.07) is 0. The van der Waals surface area contributed by atoms with Crippen LogP contribution in [-0.4, -0.2) is 19.2 Å². The first kappa shape index (κ1) is 17.5. The zero-order chi connectivity index (χ0) is 15.5. The van der Waals surface area contributed by atoms with Gasteiger partial charge in [-0.15, -0.1) is 12.3 Å². The van der Waals surface area contributed by atoms with Gasteiger partial charge in [-0.25, -0.2) is 4.79 Å².